The second kappa shape index (κ2) is 6.50. The van der Waals surface area contributed by atoms with E-state index in [0.29, 0.717) is 13.0 Å². The van der Waals surface area contributed by atoms with Crippen LogP contribution in [0, 0.1) is 0 Å². The molecule has 18 heavy (non-hydrogen) atoms. The van der Waals surface area contributed by atoms with Gasteiger partial charge in [0.15, 0.2) is 0 Å². The topological polar surface area (TPSA) is 54.0 Å². The minimum atomic E-state index is 0.000775. The van der Waals surface area contributed by atoms with Gasteiger partial charge in [0.1, 0.15) is 0 Å². The molecule has 1 rings (SSSR count). The van der Waals surface area contributed by atoms with Crippen molar-refractivity contribution < 1.29 is 4.79 Å². The Labute approximate surface area is 109 Å². The van der Waals surface area contributed by atoms with Crippen LogP contribution in [0.3, 0.4) is 0 Å². The number of carbonyl (C=O) groups is 1. The molecular weight excluding hydrogens is 226 g/mol. The summed E-state index contributed by atoms with van der Waals surface area (Å²) in [7, 11) is 0. The lowest BCUT2D eigenvalue weighted by atomic mass is 10.1. The lowest BCUT2D eigenvalue weighted by molar-refractivity contribution is -0.121. The minimum Gasteiger partial charge on any atom is -0.349 e. The van der Waals surface area contributed by atoms with Crippen LogP contribution in [0.15, 0.2) is 24.5 Å². The number of aromatic nitrogens is 1. The molecule has 0 aliphatic rings. The lowest BCUT2D eigenvalue weighted by Gasteiger charge is -2.20. The van der Waals surface area contributed by atoms with Crippen molar-refractivity contribution in [2.75, 3.05) is 6.54 Å². The van der Waals surface area contributed by atoms with Gasteiger partial charge in [-0.2, -0.15) is 0 Å². The standard InChI is InChI=1S/C14H23N3O/c1-11(12-6-5-8-15-10-12)17-13(18)7-9-16-14(2,3)4/h5-6,8,10-11,16H,7,9H2,1-4H3,(H,17,18). The van der Waals surface area contributed by atoms with Crippen molar-refractivity contribution >= 4 is 5.91 Å². The molecule has 1 aromatic rings. The van der Waals surface area contributed by atoms with Crippen molar-refractivity contribution in [2.45, 2.75) is 45.7 Å². The molecule has 0 saturated carbocycles. The maximum Gasteiger partial charge on any atom is 0.221 e. The zero-order chi connectivity index (χ0) is 13.6. The number of carbonyl (C=O) groups excluding carboxylic acids is 1. The first-order valence-corrected chi connectivity index (χ1v) is 6.33. The third-order valence-electron chi connectivity index (χ3n) is 2.57. The van der Waals surface area contributed by atoms with Gasteiger partial charge in [-0.15, -0.1) is 0 Å². The van der Waals surface area contributed by atoms with Gasteiger partial charge < -0.3 is 10.6 Å². The van der Waals surface area contributed by atoms with Crippen LogP contribution in [0.1, 0.15) is 45.7 Å². The molecule has 4 heteroatoms. The zero-order valence-electron chi connectivity index (χ0n) is 11.7. The van der Waals surface area contributed by atoms with Crippen molar-refractivity contribution in [1.82, 2.24) is 15.6 Å². The Morgan fingerprint density at radius 3 is 2.72 bits per heavy atom. The predicted molar refractivity (Wildman–Crippen MR) is 73.2 cm³/mol. The smallest absolute Gasteiger partial charge is 0.221 e. The molecule has 0 saturated heterocycles. The number of amides is 1. The Balaban J connectivity index is 2.32. The fraction of sp³-hybridized carbons (Fsp3) is 0.571. The van der Waals surface area contributed by atoms with E-state index >= 15 is 0 Å². The molecule has 0 aliphatic heterocycles. The Kier molecular flexibility index (Phi) is 5.28. The van der Waals surface area contributed by atoms with E-state index in [1.807, 2.05) is 19.1 Å². The molecular formula is C14H23N3O. The number of hydrogen-bond donors (Lipinski definition) is 2. The fourth-order valence-electron chi connectivity index (χ4n) is 1.58. The summed E-state index contributed by atoms with van der Waals surface area (Å²) in [6.07, 6.45) is 3.99. The Morgan fingerprint density at radius 2 is 2.17 bits per heavy atom. The summed E-state index contributed by atoms with van der Waals surface area (Å²) in [5.41, 5.74) is 1.07. The second-order valence-corrected chi connectivity index (χ2v) is 5.50. The molecule has 0 radical (unpaired) electrons. The van der Waals surface area contributed by atoms with Gasteiger partial charge in [-0.3, -0.25) is 9.78 Å². The first kappa shape index (κ1) is 14.6. The molecule has 1 atom stereocenters. The fourth-order valence-corrected chi connectivity index (χ4v) is 1.58. The molecule has 100 valence electrons. The van der Waals surface area contributed by atoms with Crippen LogP contribution < -0.4 is 10.6 Å². The van der Waals surface area contributed by atoms with E-state index in [2.05, 4.69) is 36.4 Å². The van der Waals surface area contributed by atoms with Crippen LogP contribution in [-0.4, -0.2) is 23.0 Å². The van der Waals surface area contributed by atoms with Gasteiger partial charge in [0.25, 0.3) is 0 Å². The highest BCUT2D eigenvalue weighted by atomic mass is 16.1. The molecule has 2 N–H and O–H groups in total. The van der Waals surface area contributed by atoms with E-state index in [1.165, 1.54) is 0 Å². The Bertz CT molecular complexity index is 370. The first-order valence-electron chi connectivity index (χ1n) is 6.33. The van der Waals surface area contributed by atoms with E-state index < -0.39 is 0 Å². The summed E-state index contributed by atoms with van der Waals surface area (Å²) in [6, 6.07) is 3.84. The first-order chi connectivity index (χ1) is 8.38. The highest BCUT2D eigenvalue weighted by molar-refractivity contribution is 5.76. The van der Waals surface area contributed by atoms with E-state index in [0.717, 1.165) is 5.56 Å². The van der Waals surface area contributed by atoms with Crippen molar-refractivity contribution in [2.24, 2.45) is 0 Å². The highest BCUT2D eigenvalue weighted by Crippen LogP contribution is 2.09. The largest absolute Gasteiger partial charge is 0.349 e. The maximum atomic E-state index is 11.7. The summed E-state index contributed by atoms with van der Waals surface area (Å²) < 4.78 is 0. The molecule has 0 bridgehead atoms. The van der Waals surface area contributed by atoms with Crippen molar-refractivity contribution in [3.63, 3.8) is 0 Å². The van der Waals surface area contributed by atoms with Crippen LogP contribution in [0.2, 0.25) is 0 Å². The van der Waals surface area contributed by atoms with E-state index in [1.54, 1.807) is 12.4 Å². The summed E-state index contributed by atoms with van der Waals surface area (Å²) >= 11 is 0. The van der Waals surface area contributed by atoms with Crippen LogP contribution >= 0.6 is 0 Å². The molecule has 1 unspecified atom stereocenters. The summed E-state index contributed by atoms with van der Waals surface area (Å²) in [5, 5.41) is 6.26. The van der Waals surface area contributed by atoms with Gasteiger partial charge in [0, 0.05) is 30.9 Å². The number of hydrogen-bond acceptors (Lipinski definition) is 3. The number of pyridine rings is 1. The van der Waals surface area contributed by atoms with Crippen LogP contribution in [-0.2, 0) is 4.79 Å². The molecule has 1 heterocycles. The summed E-state index contributed by atoms with van der Waals surface area (Å²) in [5.74, 6) is 0.0584. The van der Waals surface area contributed by atoms with Crippen LogP contribution in [0.25, 0.3) is 0 Å². The normalized spacial score (nSPS) is 13.1. The Hall–Kier alpha value is -1.42. The summed E-state index contributed by atoms with van der Waals surface area (Å²) in [4.78, 5) is 15.8. The molecule has 0 spiro atoms. The van der Waals surface area contributed by atoms with Crippen LogP contribution in [0.5, 0.6) is 0 Å². The van der Waals surface area contributed by atoms with E-state index in [4.69, 9.17) is 0 Å². The molecule has 4 nitrogen and oxygen atoms in total. The van der Waals surface area contributed by atoms with Gasteiger partial charge in [-0.05, 0) is 39.3 Å². The highest BCUT2D eigenvalue weighted by Gasteiger charge is 2.12. The van der Waals surface area contributed by atoms with Gasteiger partial charge >= 0.3 is 0 Å². The average molecular weight is 249 g/mol. The van der Waals surface area contributed by atoms with Crippen LogP contribution in [0.4, 0.5) is 0 Å². The van der Waals surface area contributed by atoms with Gasteiger partial charge in [0.05, 0.1) is 6.04 Å². The third-order valence-corrected chi connectivity index (χ3v) is 2.57. The second-order valence-electron chi connectivity index (χ2n) is 5.50. The number of rotatable bonds is 5. The maximum absolute atomic E-state index is 11.7. The minimum absolute atomic E-state index is 0.000775. The van der Waals surface area contributed by atoms with Crippen molar-refractivity contribution in [3.8, 4) is 0 Å². The molecule has 1 amide bonds. The predicted octanol–water partition coefficient (Wildman–Crippen LogP) is 2.04. The van der Waals surface area contributed by atoms with Gasteiger partial charge in [-0.1, -0.05) is 6.07 Å². The van der Waals surface area contributed by atoms with Gasteiger partial charge in [-0.25, -0.2) is 0 Å². The van der Waals surface area contributed by atoms with Crippen molar-refractivity contribution in [3.05, 3.63) is 30.1 Å². The quantitative estimate of drug-likeness (QED) is 0.839. The number of nitrogens with zero attached hydrogens (tertiary/aromatic N) is 1. The lowest BCUT2D eigenvalue weighted by Crippen LogP contribution is -2.38. The third kappa shape index (κ3) is 5.77. The van der Waals surface area contributed by atoms with Gasteiger partial charge in [0.2, 0.25) is 5.91 Å². The Morgan fingerprint density at radius 1 is 1.44 bits per heavy atom. The SMILES string of the molecule is CC(NC(=O)CCNC(C)(C)C)c1cccnc1. The number of nitrogens with one attached hydrogen (secondary N) is 2. The molecule has 0 aromatic carbocycles. The molecule has 0 aliphatic carbocycles. The monoisotopic (exact) mass is 249 g/mol. The van der Waals surface area contributed by atoms with Crippen molar-refractivity contribution in [1.29, 1.82) is 0 Å². The molecule has 0 fully saturated rings. The zero-order valence-corrected chi connectivity index (χ0v) is 11.7. The summed E-state index contributed by atoms with van der Waals surface area (Å²) in [6.45, 7) is 8.91. The molecule has 1 aromatic heterocycles. The van der Waals surface area contributed by atoms with E-state index in [-0.39, 0.29) is 17.5 Å². The van der Waals surface area contributed by atoms with E-state index in [9.17, 15) is 4.79 Å². The average Bonchev–Trinajstić information content (AvgIpc) is 2.28.